The first-order valence-electron chi connectivity index (χ1n) is 11.3. The summed E-state index contributed by atoms with van der Waals surface area (Å²) in [7, 11) is 1.65. The van der Waals surface area contributed by atoms with Gasteiger partial charge in [0.15, 0.2) is 0 Å². The predicted octanol–water partition coefficient (Wildman–Crippen LogP) is 3.92. The summed E-state index contributed by atoms with van der Waals surface area (Å²) in [5.74, 6) is -1.45. The molecule has 0 bridgehead atoms. The molecule has 6 atom stereocenters. The van der Waals surface area contributed by atoms with Gasteiger partial charge in [-0.3, -0.25) is 0 Å². The lowest BCUT2D eigenvalue weighted by Crippen LogP contribution is -2.55. The highest BCUT2D eigenvalue weighted by Gasteiger charge is 2.72. The van der Waals surface area contributed by atoms with E-state index in [1.54, 1.807) is 37.5 Å². The van der Waals surface area contributed by atoms with Crippen molar-refractivity contribution in [3.8, 4) is 0 Å². The van der Waals surface area contributed by atoms with Crippen LogP contribution in [0.1, 0.15) is 40.0 Å². The van der Waals surface area contributed by atoms with Gasteiger partial charge in [-0.2, -0.15) is 0 Å². The van der Waals surface area contributed by atoms with E-state index in [0.717, 1.165) is 18.9 Å². The van der Waals surface area contributed by atoms with E-state index in [-0.39, 0.29) is 35.4 Å². The second kappa shape index (κ2) is 10.6. The molecule has 4 unspecified atom stereocenters. The molecular formula is C26H34O7. The Balaban J connectivity index is 1.59. The molecule has 0 radical (unpaired) electrons. The van der Waals surface area contributed by atoms with E-state index in [0.29, 0.717) is 13.0 Å². The lowest BCUT2D eigenvalue weighted by Gasteiger charge is -2.42. The number of hydrogen-bond acceptors (Lipinski definition) is 6. The molecule has 1 aliphatic carbocycles. The number of allylic oxidation sites excluding steroid dienone is 7. The molecule has 7 heteroatoms. The molecule has 180 valence electrons. The normalized spacial score (nSPS) is 35.6. The number of hydrogen-bond donors (Lipinski definition) is 1. The molecule has 0 amide bonds. The summed E-state index contributed by atoms with van der Waals surface area (Å²) in [4.78, 5) is 22.8. The van der Waals surface area contributed by atoms with Gasteiger partial charge >= 0.3 is 11.9 Å². The van der Waals surface area contributed by atoms with Crippen LogP contribution >= 0.6 is 0 Å². The van der Waals surface area contributed by atoms with Crippen LogP contribution in [0.5, 0.6) is 0 Å². The summed E-state index contributed by atoms with van der Waals surface area (Å²) in [5.41, 5.74) is 0.642. The quantitative estimate of drug-likeness (QED) is 0.174. The smallest absolute Gasteiger partial charge is 0.331 e. The van der Waals surface area contributed by atoms with Crippen LogP contribution < -0.4 is 0 Å². The second-order valence-corrected chi connectivity index (χ2v) is 9.18. The monoisotopic (exact) mass is 458 g/mol. The third-order valence-electron chi connectivity index (χ3n) is 6.53. The van der Waals surface area contributed by atoms with E-state index in [1.165, 1.54) is 17.7 Å². The SMILES string of the molecule is COC1C(OC(=O)C=CC=CC=CC=CC(=O)O)CCC2(CO2)C1[C@@]1(C)O[C@@H]1CC=C(C)C. The van der Waals surface area contributed by atoms with Gasteiger partial charge in [0.2, 0.25) is 0 Å². The molecule has 0 aromatic rings. The molecule has 2 aliphatic heterocycles. The van der Waals surface area contributed by atoms with Crippen molar-refractivity contribution in [2.45, 2.75) is 69.5 Å². The molecule has 33 heavy (non-hydrogen) atoms. The Morgan fingerprint density at radius 3 is 2.30 bits per heavy atom. The minimum atomic E-state index is -1.00. The van der Waals surface area contributed by atoms with Crippen LogP contribution in [0.4, 0.5) is 0 Å². The third kappa shape index (κ3) is 6.31. The predicted molar refractivity (Wildman–Crippen MR) is 124 cm³/mol. The van der Waals surface area contributed by atoms with Crippen LogP contribution in [0.25, 0.3) is 0 Å². The number of carboxylic acid groups (broad SMARTS) is 1. The zero-order chi connectivity index (χ0) is 24.1. The Morgan fingerprint density at radius 2 is 1.73 bits per heavy atom. The van der Waals surface area contributed by atoms with Gasteiger partial charge in [-0.25, -0.2) is 9.59 Å². The summed E-state index contributed by atoms with van der Waals surface area (Å²) in [6.07, 6.45) is 16.0. The van der Waals surface area contributed by atoms with Gasteiger partial charge in [0.25, 0.3) is 0 Å². The van der Waals surface area contributed by atoms with Gasteiger partial charge in [-0.1, -0.05) is 48.1 Å². The lowest BCUT2D eigenvalue weighted by atomic mass is 9.68. The van der Waals surface area contributed by atoms with Crippen LogP contribution in [-0.4, -0.2) is 60.3 Å². The first-order valence-corrected chi connectivity index (χ1v) is 11.3. The lowest BCUT2D eigenvalue weighted by molar-refractivity contribution is -0.166. The zero-order valence-corrected chi connectivity index (χ0v) is 19.7. The molecule has 2 saturated heterocycles. The summed E-state index contributed by atoms with van der Waals surface area (Å²) in [6.45, 7) is 6.96. The van der Waals surface area contributed by atoms with Crippen LogP contribution in [-0.2, 0) is 28.5 Å². The summed E-state index contributed by atoms with van der Waals surface area (Å²) in [5, 5.41) is 8.51. The maximum atomic E-state index is 12.4. The van der Waals surface area contributed by atoms with Crippen molar-refractivity contribution in [2.24, 2.45) is 5.92 Å². The zero-order valence-electron chi connectivity index (χ0n) is 19.7. The largest absolute Gasteiger partial charge is 0.478 e. The van der Waals surface area contributed by atoms with Crippen molar-refractivity contribution in [1.29, 1.82) is 0 Å². The van der Waals surface area contributed by atoms with E-state index in [2.05, 4.69) is 26.8 Å². The van der Waals surface area contributed by atoms with Crippen molar-refractivity contribution in [2.75, 3.05) is 13.7 Å². The number of carbonyl (C=O) groups excluding carboxylic acids is 1. The number of esters is 1. The molecular weight excluding hydrogens is 424 g/mol. The van der Waals surface area contributed by atoms with Crippen molar-refractivity contribution >= 4 is 11.9 Å². The summed E-state index contributed by atoms with van der Waals surface area (Å²) in [6, 6.07) is 0. The van der Waals surface area contributed by atoms with Crippen LogP contribution in [0, 0.1) is 5.92 Å². The number of ether oxygens (including phenoxy) is 4. The van der Waals surface area contributed by atoms with Crippen molar-refractivity contribution < 1.29 is 33.6 Å². The Hall–Kier alpha value is -2.48. The molecule has 1 N–H and O–H groups in total. The molecule has 7 nitrogen and oxygen atoms in total. The van der Waals surface area contributed by atoms with Gasteiger partial charge in [0.1, 0.15) is 23.4 Å². The van der Waals surface area contributed by atoms with Crippen molar-refractivity contribution in [3.05, 3.63) is 60.3 Å². The Morgan fingerprint density at radius 1 is 1.09 bits per heavy atom. The van der Waals surface area contributed by atoms with Crippen molar-refractivity contribution in [3.63, 3.8) is 0 Å². The fraction of sp³-hybridized carbons (Fsp3) is 0.538. The molecule has 1 spiro atoms. The van der Waals surface area contributed by atoms with Gasteiger partial charge in [-0.05, 0) is 40.0 Å². The number of aliphatic carboxylic acids is 1. The maximum Gasteiger partial charge on any atom is 0.331 e. The average Bonchev–Trinajstić information content (AvgIpc) is 3.67. The van der Waals surface area contributed by atoms with Gasteiger partial charge < -0.3 is 24.1 Å². The highest BCUT2D eigenvalue weighted by atomic mass is 16.6. The number of epoxide rings is 2. The summed E-state index contributed by atoms with van der Waals surface area (Å²) < 4.78 is 23.8. The molecule has 3 aliphatic rings. The minimum Gasteiger partial charge on any atom is -0.478 e. The van der Waals surface area contributed by atoms with Crippen LogP contribution in [0.2, 0.25) is 0 Å². The second-order valence-electron chi connectivity index (χ2n) is 9.18. The number of rotatable bonds is 10. The fourth-order valence-corrected chi connectivity index (χ4v) is 4.79. The van der Waals surface area contributed by atoms with Crippen LogP contribution in [0.3, 0.4) is 0 Å². The summed E-state index contributed by atoms with van der Waals surface area (Å²) >= 11 is 0. The van der Waals surface area contributed by atoms with E-state index in [9.17, 15) is 9.59 Å². The topological polar surface area (TPSA) is 97.9 Å². The molecule has 0 aromatic heterocycles. The van der Waals surface area contributed by atoms with Crippen LogP contribution in [0.15, 0.2) is 60.3 Å². The molecule has 0 aromatic carbocycles. The molecule has 3 rings (SSSR count). The molecule has 2 heterocycles. The van der Waals surface area contributed by atoms with E-state index < -0.39 is 11.9 Å². The van der Waals surface area contributed by atoms with Gasteiger partial charge in [0, 0.05) is 19.3 Å². The van der Waals surface area contributed by atoms with E-state index in [1.807, 2.05) is 0 Å². The fourth-order valence-electron chi connectivity index (χ4n) is 4.79. The van der Waals surface area contributed by atoms with Gasteiger partial charge in [-0.15, -0.1) is 0 Å². The maximum absolute atomic E-state index is 12.4. The highest BCUT2D eigenvalue weighted by Crippen LogP contribution is 2.59. The highest BCUT2D eigenvalue weighted by molar-refractivity contribution is 5.82. The number of carbonyl (C=O) groups is 2. The van der Waals surface area contributed by atoms with Gasteiger partial charge in [0.05, 0.1) is 18.6 Å². The number of carboxylic acids is 1. The first-order chi connectivity index (χ1) is 15.7. The Bertz CT molecular complexity index is 873. The first kappa shape index (κ1) is 25.1. The Kier molecular flexibility index (Phi) is 8.10. The minimum absolute atomic E-state index is 0.00928. The molecule has 1 saturated carbocycles. The van der Waals surface area contributed by atoms with E-state index >= 15 is 0 Å². The average molecular weight is 459 g/mol. The molecule has 3 fully saturated rings. The van der Waals surface area contributed by atoms with Crippen molar-refractivity contribution in [1.82, 2.24) is 0 Å². The Labute approximate surface area is 195 Å². The third-order valence-corrected chi connectivity index (χ3v) is 6.53. The van der Waals surface area contributed by atoms with E-state index in [4.69, 9.17) is 24.1 Å². The number of methoxy groups -OCH3 is 1. The standard InChI is InChI=1S/C26H34O7/c1-18(2)13-14-20-25(3,33-20)24-23(30-4)19(15-16-26(24)17-31-26)32-22(29)12-10-8-6-5-7-9-11-21(27)28/h5-13,19-20,23-24H,14-17H2,1-4H3,(H,27,28)/t19?,20-,23?,24?,25+,26?/m1/s1.